The van der Waals surface area contributed by atoms with E-state index in [4.69, 9.17) is 5.73 Å². The van der Waals surface area contributed by atoms with Crippen molar-refractivity contribution in [3.63, 3.8) is 0 Å². The van der Waals surface area contributed by atoms with Crippen LogP contribution in [0.2, 0.25) is 0 Å². The Hall–Kier alpha value is -1.09. The zero-order valence-corrected chi connectivity index (χ0v) is 10.00. The Balaban J connectivity index is 2.10. The quantitative estimate of drug-likeness (QED) is 0.801. The van der Waals surface area contributed by atoms with Crippen LogP contribution in [0.25, 0.3) is 0 Å². The first kappa shape index (κ1) is 11.4. The maximum absolute atomic E-state index is 5.97. The summed E-state index contributed by atoms with van der Waals surface area (Å²) in [4.78, 5) is 4.16. The number of nitrogens with one attached hydrogen (secondary N) is 1. The van der Waals surface area contributed by atoms with Gasteiger partial charge in [0.2, 0.25) is 0 Å². The van der Waals surface area contributed by atoms with E-state index in [-0.39, 0.29) is 5.54 Å². The van der Waals surface area contributed by atoms with Gasteiger partial charge in [0.1, 0.15) is 0 Å². The number of nitrogen functional groups attached to an aromatic ring is 1. The van der Waals surface area contributed by atoms with Gasteiger partial charge in [0.15, 0.2) is 0 Å². The average Bonchev–Trinajstić information content (AvgIpc) is 2.47. The summed E-state index contributed by atoms with van der Waals surface area (Å²) in [6, 6.07) is 1.88. The van der Waals surface area contributed by atoms with Gasteiger partial charge in [-0.15, -0.1) is 0 Å². The molecule has 0 aromatic carbocycles. The normalized spacial score (nSPS) is 26.3. The van der Waals surface area contributed by atoms with Crippen molar-refractivity contribution in [1.82, 2.24) is 10.3 Å². The minimum Gasteiger partial charge on any atom is -0.398 e. The van der Waals surface area contributed by atoms with Crippen molar-refractivity contribution in [1.29, 1.82) is 0 Å². The highest BCUT2D eigenvalue weighted by Gasteiger charge is 2.25. The highest BCUT2D eigenvalue weighted by atomic mass is 15.0. The van der Waals surface area contributed by atoms with E-state index in [0.717, 1.165) is 18.7 Å². The van der Waals surface area contributed by atoms with Crippen LogP contribution in [0.1, 0.15) is 38.2 Å². The fourth-order valence-electron chi connectivity index (χ4n) is 2.45. The van der Waals surface area contributed by atoms with Crippen molar-refractivity contribution >= 4 is 5.69 Å². The summed E-state index contributed by atoms with van der Waals surface area (Å²) in [5, 5.41) is 3.65. The lowest BCUT2D eigenvalue weighted by atomic mass is 9.88. The summed E-state index contributed by atoms with van der Waals surface area (Å²) in [6.07, 6.45) is 9.79. The molecule has 1 unspecified atom stereocenters. The van der Waals surface area contributed by atoms with Crippen LogP contribution in [0.5, 0.6) is 0 Å². The van der Waals surface area contributed by atoms with Gasteiger partial charge in [0.05, 0.1) is 0 Å². The average molecular weight is 219 g/mol. The number of nitrogens with two attached hydrogens (primary N) is 1. The molecule has 2 heterocycles. The van der Waals surface area contributed by atoms with Crippen LogP contribution in [0.3, 0.4) is 0 Å². The number of hydrogen-bond donors (Lipinski definition) is 2. The van der Waals surface area contributed by atoms with Crippen LogP contribution in [0.15, 0.2) is 18.5 Å². The third-order valence-electron chi connectivity index (χ3n) is 3.48. The lowest BCUT2D eigenvalue weighted by molar-refractivity contribution is 0.346. The number of aromatic nitrogens is 1. The smallest absolute Gasteiger partial charge is 0.0378 e. The Morgan fingerprint density at radius 2 is 2.31 bits per heavy atom. The molecule has 0 spiro atoms. The van der Waals surface area contributed by atoms with Crippen LogP contribution in [0.4, 0.5) is 5.69 Å². The molecule has 0 bridgehead atoms. The van der Waals surface area contributed by atoms with Gasteiger partial charge in [-0.2, -0.15) is 0 Å². The highest BCUT2D eigenvalue weighted by molar-refractivity contribution is 5.45. The van der Waals surface area contributed by atoms with Gasteiger partial charge < -0.3 is 11.1 Å². The molecule has 16 heavy (non-hydrogen) atoms. The van der Waals surface area contributed by atoms with E-state index in [1.165, 1.54) is 31.2 Å². The minimum absolute atomic E-state index is 0.188. The van der Waals surface area contributed by atoms with Crippen molar-refractivity contribution in [2.24, 2.45) is 0 Å². The standard InChI is InChI=1S/C13H21N3/c1-13(6-3-2-4-7-16-13)9-11-10-15-8-5-12(11)14/h5,8,10,16H,2-4,6-7,9H2,1H3,(H2,14,15). The molecule has 1 fully saturated rings. The zero-order valence-electron chi connectivity index (χ0n) is 10.00. The zero-order chi connectivity index (χ0) is 11.4. The first-order chi connectivity index (χ1) is 7.70. The van der Waals surface area contributed by atoms with Gasteiger partial charge in [0.25, 0.3) is 0 Å². The largest absolute Gasteiger partial charge is 0.398 e. The van der Waals surface area contributed by atoms with Crippen LogP contribution in [-0.4, -0.2) is 17.1 Å². The molecule has 0 amide bonds. The summed E-state index contributed by atoms with van der Waals surface area (Å²) in [7, 11) is 0. The van der Waals surface area contributed by atoms with Crippen molar-refractivity contribution in [3.05, 3.63) is 24.0 Å². The Kier molecular flexibility index (Phi) is 3.44. The fourth-order valence-corrected chi connectivity index (χ4v) is 2.45. The number of nitrogens with zero attached hydrogens (tertiary/aromatic N) is 1. The number of rotatable bonds is 2. The van der Waals surface area contributed by atoms with Crippen LogP contribution in [-0.2, 0) is 6.42 Å². The molecule has 1 aliphatic rings. The SMILES string of the molecule is CC1(Cc2cnccc2N)CCCCCN1. The molecule has 1 aliphatic heterocycles. The van der Waals surface area contributed by atoms with E-state index >= 15 is 0 Å². The minimum atomic E-state index is 0.188. The van der Waals surface area contributed by atoms with Gasteiger partial charge >= 0.3 is 0 Å². The molecule has 88 valence electrons. The third kappa shape index (κ3) is 2.73. The predicted molar refractivity (Wildman–Crippen MR) is 67.2 cm³/mol. The number of hydrogen-bond acceptors (Lipinski definition) is 3. The van der Waals surface area contributed by atoms with Crippen molar-refractivity contribution in [3.8, 4) is 0 Å². The molecule has 3 heteroatoms. The van der Waals surface area contributed by atoms with Crippen LogP contribution >= 0.6 is 0 Å². The van der Waals surface area contributed by atoms with Crippen molar-refractivity contribution in [2.75, 3.05) is 12.3 Å². The lowest BCUT2D eigenvalue weighted by Crippen LogP contribution is -2.43. The summed E-state index contributed by atoms with van der Waals surface area (Å²) in [5.74, 6) is 0. The van der Waals surface area contributed by atoms with E-state index in [2.05, 4.69) is 17.2 Å². The summed E-state index contributed by atoms with van der Waals surface area (Å²) in [5.41, 5.74) is 8.19. The number of pyridine rings is 1. The molecule has 0 radical (unpaired) electrons. The molecule has 3 nitrogen and oxygen atoms in total. The Morgan fingerprint density at radius 1 is 1.44 bits per heavy atom. The molecular formula is C13H21N3. The molecule has 1 aromatic rings. The molecule has 3 N–H and O–H groups in total. The van der Waals surface area contributed by atoms with Gasteiger partial charge in [-0.05, 0) is 44.4 Å². The van der Waals surface area contributed by atoms with E-state index < -0.39 is 0 Å². The van der Waals surface area contributed by atoms with Crippen LogP contribution in [0, 0.1) is 0 Å². The monoisotopic (exact) mass is 219 g/mol. The molecule has 2 rings (SSSR count). The number of anilines is 1. The fraction of sp³-hybridized carbons (Fsp3) is 0.615. The first-order valence-electron chi connectivity index (χ1n) is 6.13. The summed E-state index contributed by atoms with van der Waals surface area (Å²) in [6.45, 7) is 3.42. The maximum Gasteiger partial charge on any atom is 0.0378 e. The van der Waals surface area contributed by atoms with Gasteiger partial charge in [0, 0.05) is 23.6 Å². The van der Waals surface area contributed by atoms with E-state index in [9.17, 15) is 0 Å². The lowest BCUT2D eigenvalue weighted by Gasteiger charge is -2.29. The molecule has 0 saturated carbocycles. The second kappa shape index (κ2) is 4.83. The van der Waals surface area contributed by atoms with Gasteiger partial charge in [-0.3, -0.25) is 4.98 Å². The van der Waals surface area contributed by atoms with E-state index in [1.807, 2.05) is 12.3 Å². The van der Waals surface area contributed by atoms with Crippen LogP contribution < -0.4 is 11.1 Å². The third-order valence-corrected chi connectivity index (χ3v) is 3.48. The highest BCUT2D eigenvalue weighted by Crippen LogP contribution is 2.24. The maximum atomic E-state index is 5.97. The predicted octanol–water partition coefficient (Wildman–Crippen LogP) is 2.13. The first-order valence-corrected chi connectivity index (χ1v) is 6.13. The molecule has 1 atom stereocenters. The molecule has 0 aliphatic carbocycles. The topological polar surface area (TPSA) is 50.9 Å². The Labute approximate surface area is 97.5 Å². The van der Waals surface area contributed by atoms with Gasteiger partial charge in [-0.1, -0.05) is 12.8 Å². The van der Waals surface area contributed by atoms with Crippen molar-refractivity contribution < 1.29 is 0 Å². The summed E-state index contributed by atoms with van der Waals surface area (Å²) >= 11 is 0. The second-order valence-corrected chi connectivity index (χ2v) is 5.05. The van der Waals surface area contributed by atoms with E-state index in [1.54, 1.807) is 6.20 Å². The van der Waals surface area contributed by atoms with Crippen molar-refractivity contribution in [2.45, 2.75) is 44.6 Å². The van der Waals surface area contributed by atoms with E-state index in [0.29, 0.717) is 0 Å². The Morgan fingerprint density at radius 3 is 3.12 bits per heavy atom. The van der Waals surface area contributed by atoms with Gasteiger partial charge in [-0.25, -0.2) is 0 Å². The molecular weight excluding hydrogens is 198 g/mol. The Bertz CT molecular complexity index is 341. The molecule has 1 saturated heterocycles. The summed E-state index contributed by atoms with van der Waals surface area (Å²) < 4.78 is 0. The second-order valence-electron chi connectivity index (χ2n) is 5.05. The molecule has 1 aromatic heterocycles.